The van der Waals surface area contributed by atoms with Crippen molar-refractivity contribution in [1.82, 2.24) is 20.2 Å². The number of amides is 2. The van der Waals surface area contributed by atoms with Crippen LogP contribution in [0.2, 0.25) is 0 Å². The van der Waals surface area contributed by atoms with Gasteiger partial charge in [-0.05, 0) is 59.1 Å². The highest BCUT2D eigenvalue weighted by Crippen LogP contribution is 2.30. The smallest absolute Gasteiger partial charge is 0.310 e. The van der Waals surface area contributed by atoms with E-state index in [1.807, 2.05) is 54.6 Å². The van der Waals surface area contributed by atoms with Gasteiger partial charge in [0.2, 0.25) is 5.91 Å². The van der Waals surface area contributed by atoms with Gasteiger partial charge < -0.3 is 20.1 Å². The molecule has 1 unspecified atom stereocenters. The van der Waals surface area contributed by atoms with Gasteiger partial charge >= 0.3 is 5.97 Å². The number of hydrogen-bond donors (Lipinski definition) is 2. The fourth-order valence-corrected chi connectivity index (χ4v) is 6.48. The number of carboxylic acid groups (broad SMARTS) is 1. The van der Waals surface area contributed by atoms with Crippen molar-refractivity contribution in [3.63, 3.8) is 0 Å². The third kappa shape index (κ3) is 9.53. The molecule has 2 amide bonds. The number of hydrogen-bond acceptors (Lipinski definition) is 7. The minimum atomic E-state index is -0.922. The van der Waals surface area contributed by atoms with Gasteiger partial charge in [0.1, 0.15) is 11.8 Å². The molecule has 0 aliphatic carbocycles. The first-order valence-electron chi connectivity index (χ1n) is 16.7. The van der Waals surface area contributed by atoms with E-state index in [1.54, 1.807) is 18.5 Å². The van der Waals surface area contributed by atoms with Gasteiger partial charge in [-0.25, -0.2) is 9.97 Å². The van der Waals surface area contributed by atoms with E-state index < -0.39 is 17.9 Å². The lowest BCUT2D eigenvalue weighted by atomic mass is 9.91. The Kier molecular flexibility index (Phi) is 10.9. The van der Waals surface area contributed by atoms with Crippen LogP contribution in [-0.4, -0.2) is 63.5 Å². The van der Waals surface area contributed by atoms with Crippen molar-refractivity contribution in [1.29, 1.82) is 0 Å². The number of likely N-dealkylation sites (tertiary alicyclic amines) is 1. The number of thiophene rings is 1. The molecule has 2 aromatic heterocycles. The molecule has 4 aromatic rings. The molecule has 0 bridgehead atoms. The highest BCUT2D eigenvalue weighted by molar-refractivity contribution is 7.14. The van der Waals surface area contributed by atoms with Gasteiger partial charge in [-0.2, -0.15) is 0 Å². The minimum Gasteiger partial charge on any atom is -0.494 e. The molecule has 5 rings (SSSR count). The average molecular weight is 683 g/mol. The fraction of sp³-hybridized carbons (Fsp3) is 0.410. The Bertz CT molecular complexity index is 1750. The van der Waals surface area contributed by atoms with Crippen molar-refractivity contribution >= 4 is 29.1 Å². The largest absolute Gasteiger partial charge is 0.494 e. The second-order valence-corrected chi connectivity index (χ2v) is 16.0. The molecule has 1 aliphatic heterocycles. The molecule has 0 spiro atoms. The molecule has 1 aliphatic rings. The number of carbonyl (C=O) groups excluding carboxylic acids is 2. The zero-order valence-electron chi connectivity index (χ0n) is 29.2. The van der Waals surface area contributed by atoms with Crippen molar-refractivity contribution in [3.8, 4) is 28.3 Å². The van der Waals surface area contributed by atoms with Gasteiger partial charge in [-0.3, -0.25) is 14.4 Å². The number of carbonyl (C=O) groups is 3. The lowest BCUT2D eigenvalue weighted by molar-refractivity contribution is -0.153. The standard InChI is InChI=1S/C39H46N4O5S/c1-38(2,3)18-7-19-48-30-14-12-26(13-15-30)28-21-40-34(41-22-28)27-10-8-25(9-11-27)20-31(36(45)43-23-29(24-43)37(46)47)42-35(44)32-16-17-33(49-32)39(4,5)6/h8-17,21-22,29,31H,7,18-20,23-24H2,1-6H3,(H,42,44)(H,46,47). The van der Waals surface area contributed by atoms with Crippen molar-refractivity contribution in [3.05, 3.63) is 88.4 Å². The van der Waals surface area contributed by atoms with Crippen LogP contribution in [0.5, 0.6) is 5.75 Å². The summed E-state index contributed by atoms with van der Waals surface area (Å²) < 4.78 is 5.91. The van der Waals surface area contributed by atoms with Crippen LogP contribution in [0.4, 0.5) is 0 Å². The van der Waals surface area contributed by atoms with Crippen LogP contribution >= 0.6 is 11.3 Å². The zero-order valence-corrected chi connectivity index (χ0v) is 30.0. The maximum atomic E-state index is 13.5. The van der Waals surface area contributed by atoms with Gasteiger partial charge in [0, 0.05) is 47.9 Å². The first-order chi connectivity index (χ1) is 23.2. The molecule has 10 heteroatoms. The van der Waals surface area contributed by atoms with Crippen LogP contribution in [-0.2, 0) is 21.4 Å². The molecule has 0 radical (unpaired) electrons. The van der Waals surface area contributed by atoms with Gasteiger partial charge in [-0.15, -0.1) is 11.3 Å². The van der Waals surface area contributed by atoms with E-state index in [2.05, 4.69) is 56.8 Å². The number of carboxylic acids is 1. The number of ether oxygens (including phenoxy) is 1. The van der Waals surface area contributed by atoms with Crippen molar-refractivity contribution in [2.24, 2.45) is 11.3 Å². The first-order valence-corrected chi connectivity index (χ1v) is 17.6. The molecule has 49 heavy (non-hydrogen) atoms. The summed E-state index contributed by atoms with van der Waals surface area (Å²) in [4.78, 5) is 50.4. The normalized spacial score (nSPS) is 14.2. The summed E-state index contributed by atoms with van der Waals surface area (Å²) in [5.41, 5.74) is 3.76. The molecule has 3 heterocycles. The Labute approximate surface area is 292 Å². The summed E-state index contributed by atoms with van der Waals surface area (Å²) in [6.45, 7) is 13.9. The van der Waals surface area contributed by atoms with Crippen LogP contribution in [0.3, 0.4) is 0 Å². The summed E-state index contributed by atoms with van der Waals surface area (Å²) >= 11 is 1.41. The highest BCUT2D eigenvalue weighted by atomic mass is 32.1. The number of rotatable bonds is 12. The maximum absolute atomic E-state index is 13.5. The molecule has 258 valence electrons. The summed E-state index contributed by atoms with van der Waals surface area (Å²) in [6.07, 6.45) is 5.98. The molecule has 2 N–H and O–H groups in total. The van der Waals surface area contributed by atoms with E-state index in [0.717, 1.165) is 45.7 Å². The third-order valence-corrected chi connectivity index (χ3v) is 10.1. The lowest BCUT2D eigenvalue weighted by Crippen LogP contribution is -2.59. The van der Waals surface area contributed by atoms with Crippen LogP contribution in [0.15, 0.2) is 73.1 Å². The Morgan fingerprint density at radius 3 is 2.10 bits per heavy atom. The summed E-state index contributed by atoms with van der Waals surface area (Å²) in [6, 6.07) is 18.4. The monoisotopic (exact) mass is 682 g/mol. The van der Waals surface area contributed by atoms with E-state index in [9.17, 15) is 19.5 Å². The maximum Gasteiger partial charge on any atom is 0.310 e. The molecule has 9 nitrogen and oxygen atoms in total. The quantitative estimate of drug-likeness (QED) is 0.151. The van der Waals surface area contributed by atoms with Crippen LogP contribution in [0.1, 0.15) is 74.5 Å². The van der Waals surface area contributed by atoms with Crippen molar-refractivity contribution in [2.45, 2.75) is 72.3 Å². The number of aliphatic carboxylic acids is 1. The lowest BCUT2D eigenvalue weighted by Gasteiger charge is -2.38. The summed E-state index contributed by atoms with van der Waals surface area (Å²) in [5.74, 6) is -0.704. The zero-order chi connectivity index (χ0) is 35.3. The Balaban J connectivity index is 1.23. The van der Waals surface area contributed by atoms with E-state index in [1.165, 1.54) is 16.2 Å². The van der Waals surface area contributed by atoms with Crippen molar-refractivity contribution in [2.75, 3.05) is 19.7 Å². The van der Waals surface area contributed by atoms with Gasteiger partial charge in [0.15, 0.2) is 5.82 Å². The predicted molar refractivity (Wildman–Crippen MR) is 193 cm³/mol. The fourth-order valence-electron chi connectivity index (χ4n) is 5.52. The number of nitrogens with one attached hydrogen (secondary N) is 1. The topological polar surface area (TPSA) is 122 Å². The molecule has 1 saturated heterocycles. The second kappa shape index (κ2) is 14.9. The Morgan fingerprint density at radius 2 is 1.53 bits per heavy atom. The molecular formula is C39H46N4O5S. The second-order valence-electron chi connectivity index (χ2n) is 15.0. The van der Waals surface area contributed by atoms with Crippen LogP contribution in [0, 0.1) is 11.3 Å². The SMILES string of the molecule is CC(C)(C)CCCOc1ccc(-c2cnc(-c3ccc(CC(NC(=O)c4ccc(C(C)(C)C)s4)C(=O)N4CC(C(=O)O)C4)cc3)nc2)cc1. The van der Waals surface area contributed by atoms with Crippen LogP contribution in [0.25, 0.3) is 22.5 Å². The van der Waals surface area contributed by atoms with E-state index in [4.69, 9.17) is 4.74 Å². The average Bonchev–Trinajstić information content (AvgIpc) is 3.54. The summed E-state index contributed by atoms with van der Waals surface area (Å²) in [5, 5.41) is 12.2. The number of aromatic nitrogens is 2. The van der Waals surface area contributed by atoms with E-state index in [-0.39, 0.29) is 36.7 Å². The number of benzene rings is 2. The van der Waals surface area contributed by atoms with Crippen molar-refractivity contribution < 1.29 is 24.2 Å². The number of nitrogens with zero attached hydrogens (tertiary/aromatic N) is 3. The first kappa shape index (κ1) is 35.7. The Hall–Kier alpha value is -4.57. The van der Waals surface area contributed by atoms with Gasteiger partial charge in [-0.1, -0.05) is 77.9 Å². The molecule has 2 aromatic carbocycles. The Morgan fingerprint density at radius 1 is 0.898 bits per heavy atom. The highest BCUT2D eigenvalue weighted by Gasteiger charge is 2.39. The van der Waals surface area contributed by atoms with E-state index >= 15 is 0 Å². The summed E-state index contributed by atoms with van der Waals surface area (Å²) in [7, 11) is 0. The molecule has 1 atom stereocenters. The molecular weight excluding hydrogens is 637 g/mol. The molecule has 0 saturated carbocycles. The third-order valence-electron chi connectivity index (χ3n) is 8.55. The molecule has 1 fully saturated rings. The predicted octanol–water partition coefficient (Wildman–Crippen LogP) is 7.26. The van der Waals surface area contributed by atoms with Gasteiger partial charge in [0.05, 0.1) is 17.4 Å². The minimum absolute atomic E-state index is 0.0971. The van der Waals surface area contributed by atoms with Crippen LogP contribution < -0.4 is 10.1 Å². The van der Waals surface area contributed by atoms with Gasteiger partial charge in [0.25, 0.3) is 5.91 Å². The van der Waals surface area contributed by atoms with E-state index in [0.29, 0.717) is 22.7 Å².